The minimum absolute atomic E-state index is 0.0461. The molecule has 4 aliphatic rings. The summed E-state index contributed by atoms with van der Waals surface area (Å²) >= 11 is 0. The van der Waals surface area contributed by atoms with E-state index in [4.69, 9.17) is 4.74 Å². The topological polar surface area (TPSA) is 46.5 Å². The lowest BCUT2D eigenvalue weighted by Crippen LogP contribution is -2.60. The van der Waals surface area contributed by atoms with Gasteiger partial charge in [0, 0.05) is 5.41 Å². The number of methoxy groups -OCH3 is 1. The molecule has 0 spiro atoms. The molecule has 0 unspecified atom stereocenters. The van der Waals surface area contributed by atoms with Crippen molar-refractivity contribution in [2.24, 2.45) is 23.2 Å². The van der Waals surface area contributed by atoms with Crippen molar-refractivity contribution in [2.45, 2.75) is 31.8 Å². The summed E-state index contributed by atoms with van der Waals surface area (Å²) in [5.74, 6) is 1.45. The van der Waals surface area contributed by atoms with E-state index >= 15 is 0 Å². The van der Waals surface area contributed by atoms with Crippen LogP contribution in [0.15, 0.2) is 24.3 Å². The molecule has 4 saturated carbocycles. The molecular formula is C17H20O3. The Labute approximate surface area is 118 Å². The molecular weight excluding hydrogens is 252 g/mol. The molecule has 0 amide bonds. The molecule has 1 aromatic rings. The summed E-state index contributed by atoms with van der Waals surface area (Å²) in [6.45, 7) is 2.26. The molecule has 0 aromatic heterocycles. The summed E-state index contributed by atoms with van der Waals surface area (Å²) in [4.78, 5) is 11.5. The SMILES string of the molecule is COC(=O)c1ccc([C@@]2(O)[C@H]3C[C@@H]4CC[C@H]3[C@@]42C)cc1. The molecule has 20 heavy (non-hydrogen) atoms. The average Bonchev–Trinajstić information content (AvgIpc) is 3.04. The summed E-state index contributed by atoms with van der Waals surface area (Å²) in [5.41, 5.74) is 0.871. The van der Waals surface area contributed by atoms with E-state index in [1.165, 1.54) is 20.0 Å². The first kappa shape index (κ1) is 12.4. The summed E-state index contributed by atoms with van der Waals surface area (Å²) < 4.78 is 4.72. The smallest absolute Gasteiger partial charge is 0.337 e. The molecule has 4 fully saturated rings. The third-order valence-electron chi connectivity index (χ3n) is 6.57. The first-order valence-electron chi connectivity index (χ1n) is 7.44. The molecule has 1 N–H and O–H groups in total. The number of esters is 1. The van der Waals surface area contributed by atoms with E-state index in [0.29, 0.717) is 23.3 Å². The lowest BCUT2D eigenvalue weighted by molar-refractivity contribution is -0.218. The number of ether oxygens (including phenoxy) is 1. The Kier molecular flexibility index (Phi) is 2.26. The van der Waals surface area contributed by atoms with Crippen LogP contribution in [0, 0.1) is 23.2 Å². The predicted molar refractivity (Wildman–Crippen MR) is 74.1 cm³/mol. The van der Waals surface area contributed by atoms with Gasteiger partial charge in [-0.25, -0.2) is 4.79 Å². The minimum atomic E-state index is -0.687. The van der Waals surface area contributed by atoms with Gasteiger partial charge in [0.15, 0.2) is 0 Å². The van der Waals surface area contributed by atoms with Crippen LogP contribution in [0.2, 0.25) is 0 Å². The summed E-state index contributed by atoms with van der Waals surface area (Å²) in [7, 11) is 1.38. The fourth-order valence-corrected chi connectivity index (χ4v) is 5.60. The van der Waals surface area contributed by atoms with Crippen molar-refractivity contribution < 1.29 is 14.6 Å². The van der Waals surface area contributed by atoms with Crippen LogP contribution in [0.5, 0.6) is 0 Å². The van der Waals surface area contributed by atoms with E-state index in [1.807, 2.05) is 12.1 Å². The van der Waals surface area contributed by atoms with Gasteiger partial charge in [0.2, 0.25) is 0 Å². The summed E-state index contributed by atoms with van der Waals surface area (Å²) in [5, 5.41) is 11.3. The van der Waals surface area contributed by atoms with Crippen LogP contribution in [-0.2, 0) is 10.3 Å². The number of hydrogen-bond donors (Lipinski definition) is 1. The number of carbonyl (C=O) groups excluding carboxylic acids is 1. The lowest BCUT2D eigenvalue weighted by atomic mass is 9.49. The fraction of sp³-hybridized carbons (Fsp3) is 0.588. The number of carbonyl (C=O) groups is 1. The Balaban J connectivity index is 1.71. The van der Waals surface area contributed by atoms with Gasteiger partial charge >= 0.3 is 5.97 Å². The molecule has 0 saturated heterocycles. The average molecular weight is 272 g/mol. The zero-order chi connectivity index (χ0) is 14.1. The van der Waals surface area contributed by atoms with Crippen molar-refractivity contribution in [1.29, 1.82) is 0 Å². The maximum atomic E-state index is 11.5. The molecule has 5 rings (SSSR count). The van der Waals surface area contributed by atoms with Gasteiger partial charge in [-0.3, -0.25) is 0 Å². The van der Waals surface area contributed by atoms with Crippen LogP contribution in [0.4, 0.5) is 0 Å². The molecule has 4 aliphatic carbocycles. The van der Waals surface area contributed by atoms with Gasteiger partial charge in [-0.1, -0.05) is 19.1 Å². The van der Waals surface area contributed by atoms with Gasteiger partial charge < -0.3 is 9.84 Å². The normalized spacial score (nSPS) is 44.2. The minimum Gasteiger partial charge on any atom is -0.465 e. The van der Waals surface area contributed by atoms with Gasteiger partial charge in [0.05, 0.1) is 18.3 Å². The highest BCUT2D eigenvalue weighted by Gasteiger charge is 2.79. The van der Waals surface area contributed by atoms with Gasteiger partial charge in [-0.15, -0.1) is 0 Å². The molecule has 0 radical (unpaired) electrons. The quantitative estimate of drug-likeness (QED) is 0.842. The van der Waals surface area contributed by atoms with Gasteiger partial charge in [0.1, 0.15) is 0 Å². The van der Waals surface area contributed by atoms with Crippen molar-refractivity contribution in [3.8, 4) is 0 Å². The Bertz CT molecular complexity index is 570. The maximum Gasteiger partial charge on any atom is 0.337 e. The Hall–Kier alpha value is -1.35. The standard InChI is InChI=1S/C17H20O3/c1-16-12-7-8-13(16)14(9-12)17(16,19)11-5-3-10(4-6-11)15(18)20-2/h3-6,12-14,19H,7-9H2,1-2H3/t12-,13+,14-,16+,17+/m0/s1. The maximum absolute atomic E-state index is 11.5. The summed E-state index contributed by atoms with van der Waals surface area (Å²) in [6, 6.07) is 7.34. The van der Waals surface area contributed by atoms with Crippen LogP contribution in [0.1, 0.15) is 42.1 Å². The molecule has 0 heterocycles. The first-order chi connectivity index (χ1) is 9.53. The van der Waals surface area contributed by atoms with Crippen LogP contribution >= 0.6 is 0 Å². The van der Waals surface area contributed by atoms with E-state index in [2.05, 4.69) is 6.92 Å². The lowest BCUT2D eigenvalue weighted by Gasteiger charge is -2.58. The van der Waals surface area contributed by atoms with E-state index in [1.54, 1.807) is 12.1 Å². The van der Waals surface area contributed by atoms with Crippen LogP contribution in [0.3, 0.4) is 0 Å². The number of hydrogen-bond acceptors (Lipinski definition) is 3. The predicted octanol–water partition coefficient (Wildman–Crippen LogP) is 2.73. The third-order valence-corrected chi connectivity index (χ3v) is 6.57. The Morgan fingerprint density at radius 2 is 1.95 bits per heavy atom. The van der Waals surface area contributed by atoms with Gasteiger partial charge in [0.25, 0.3) is 0 Å². The van der Waals surface area contributed by atoms with Gasteiger partial charge in [-0.2, -0.15) is 0 Å². The highest BCUT2D eigenvalue weighted by molar-refractivity contribution is 5.89. The van der Waals surface area contributed by atoms with E-state index in [0.717, 1.165) is 12.0 Å². The van der Waals surface area contributed by atoms with Crippen molar-refractivity contribution in [2.75, 3.05) is 7.11 Å². The second-order valence-corrected chi connectivity index (χ2v) is 6.84. The monoisotopic (exact) mass is 272 g/mol. The van der Waals surface area contributed by atoms with Crippen molar-refractivity contribution in [3.05, 3.63) is 35.4 Å². The molecule has 3 heteroatoms. The van der Waals surface area contributed by atoms with E-state index in [-0.39, 0.29) is 11.4 Å². The third kappa shape index (κ3) is 1.11. The second kappa shape index (κ2) is 3.64. The van der Waals surface area contributed by atoms with Crippen molar-refractivity contribution in [1.82, 2.24) is 0 Å². The van der Waals surface area contributed by atoms with Gasteiger partial charge in [-0.05, 0) is 54.7 Å². The molecule has 4 bridgehead atoms. The van der Waals surface area contributed by atoms with Crippen LogP contribution in [0.25, 0.3) is 0 Å². The highest BCUT2D eigenvalue weighted by Crippen LogP contribution is 2.80. The fourth-order valence-electron chi connectivity index (χ4n) is 5.60. The zero-order valence-corrected chi connectivity index (χ0v) is 11.9. The van der Waals surface area contributed by atoms with Crippen molar-refractivity contribution >= 4 is 5.97 Å². The molecule has 106 valence electrons. The highest BCUT2D eigenvalue weighted by atomic mass is 16.5. The van der Waals surface area contributed by atoms with Crippen LogP contribution in [-0.4, -0.2) is 18.2 Å². The largest absolute Gasteiger partial charge is 0.465 e. The number of benzene rings is 1. The second-order valence-electron chi connectivity index (χ2n) is 6.84. The first-order valence-corrected chi connectivity index (χ1v) is 7.44. The molecule has 3 nitrogen and oxygen atoms in total. The Morgan fingerprint density at radius 3 is 2.45 bits per heavy atom. The van der Waals surface area contributed by atoms with E-state index < -0.39 is 5.60 Å². The zero-order valence-electron chi connectivity index (χ0n) is 11.9. The summed E-state index contributed by atoms with van der Waals surface area (Å²) in [6.07, 6.45) is 3.70. The Morgan fingerprint density at radius 1 is 1.25 bits per heavy atom. The number of rotatable bonds is 2. The molecule has 5 atom stereocenters. The molecule has 1 aromatic carbocycles. The van der Waals surface area contributed by atoms with E-state index in [9.17, 15) is 9.90 Å². The van der Waals surface area contributed by atoms with Crippen molar-refractivity contribution in [3.63, 3.8) is 0 Å². The molecule has 0 aliphatic heterocycles. The van der Waals surface area contributed by atoms with Crippen LogP contribution < -0.4 is 0 Å². The number of aliphatic hydroxyl groups is 1.